The third-order valence-corrected chi connectivity index (χ3v) is 3.79. The molecule has 0 aliphatic heterocycles. The fourth-order valence-corrected chi connectivity index (χ4v) is 2.97. The van der Waals surface area contributed by atoms with Crippen LogP contribution in [0.15, 0.2) is 36.4 Å². The van der Waals surface area contributed by atoms with Crippen LogP contribution in [0.5, 0.6) is 0 Å². The third-order valence-electron chi connectivity index (χ3n) is 3.79. The van der Waals surface area contributed by atoms with Crippen LogP contribution in [0.1, 0.15) is 23.2 Å². The standard InChI is InChI=1S/C14H13FO/c15-12-7-5-11(6-8-12)14(16)13-9-1-2-10(13)4-3-9/h1-2,5-10,13H,3-4H2/t9-,10+,13?. The molecule has 0 aromatic heterocycles. The Kier molecular flexibility index (Phi) is 2.16. The number of ketones is 1. The molecule has 2 aliphatic rings. The number of Topliss-reactive ketones (excluding diaryl/α,β-unsaturated/α-hetero) is 1. The number of carbonyl (C=O) groups excluding carboxylic acids is 1. The first-order valence-electron chi connectivity index (χ1n) is 5.74. The average Bonchev–Trinajstić information content (AvgIpc) is 2.88. The van der Waals surface area contributed by atoms with Gasteiger partial charge in [0, 0.05) is 11.5 Å². The van der Waals surface area contributed by atoms with E-state index in [4.69, 9.17) is 0 Å². The molecule has 0 saturated heterocycles. The first-order chi connectivity index (χ1) is 7.75. The van der Waals surface area contributed by atoms with E-state index in [1.807, 2.05) is 0 Å². The van der Waals surface area contributed by atoms with Gasteiger partial charge in [0.1, 0.15) is 5.82 Å². The zero-order chi connectivity index (χ0) is 11.1. The first-order valence-corrected chi connectivity index (χ1v) is 5.74. The van der Waals surface area contributed by atoms with E-state index < -0.39 is 0 Å². The van der Waals surface area contributed by atoms with Gasteiger partial charge in [-0.1, -0.05) is 12.2 Å². The van der Waals surface area contributed by atoms with Crippen molar-refractivity contribution >= 4 is 5.78 Å². The van der Waals surface area contributed by atoms with Gasteiger partial charge in [-0.05, 0) is 48.9 Å². The molecule has 2 bridgehead atoms. The summed E-state index contributed by atoms with van der Waals surface area (Å²) < 4.78 is 12.8. The lowest BCUT2D eigenvalue weighted by molar-refractivity contribution is 0.0893. The minimum atomic E-state index is -0.288. The van der Waals surface area contributed by atoms with Gasteiger partial charge in [-0.15, -0.1) is 0 Å². The predicted octanol–water partition coefficient (Wildman–Crippen LogP) is 3.22. The van der Waals surface area contributed by atoms with Crippen molar-refractivity contribution in [3.8, 4) is 0 Å². The van der Waals surface area contributed by atoms with Crippen LogP contribution in [0, 0.1) is 23.6 Å². The molecule has 0 heterocycles. The van der Waals surface area contributed by atoms with Gasteiger partial charge in [0.2, 0.25) is 0 Å². The second kappa shape index (κ2) is 3.55. The van der Waals surface area contributed by atoms with Crippen LogP contribution in [-0.2, 0) is 0 Å². The maximum atomic E-state index is 12.8. The van der Waals surface area contributed by atoms with Gasteiger partial charge in [0.05, 0.1) is 0 Å². The second-order valence-electron chi connectivity index (χ2n) is 4.69. The topological polar surface area (TPSA) is 17.1 Å². The summed E-state index contributed by atoms with van der Waals surface area (Å²) in [6.45, 7) is 0. The summed E-state index contributed by atoms with van der Waals surface area (Å²) in [4.78, 5) is 12.3. The van der Waals surface area contributed by atoms with Gasteiger partial charge in [0.25, 0.3) is 0 Å². The zero-order valence-corrected chi connectivity index (χ0v) is 8.90. The lowest BCUT2D eigenvalue weighted by atomic mass is 9.88. The summed E-state index contributed by atoms with van der Waals surface area (Å²) in [6, 6.07) is 5.90. The van der Waals surface area contributed by atoms with Crippen molar-refractivity contribution < 1.29 is 9.18 Å². The van der Waals surface area contributed by atoms with Crippen LogP contribution in [0.25, 0.3) is 0 Å². The molecule has 1 aromatic rings. The number of rotatable bonds is 2. The van der Waals surface area contributed by atoms with E-state index in [9.17, 15) is 9.18 Å². The summed E-state index contributed by atoms with van der Waals surface area (Å²) in [5.74, 6) is 0.845. The van der Waals surface area contributed by atoms with Crippen LogP contribution in [0.2, 0.25) is 0 Å². The van der Waals surface area contributed by atoms with Crippen LogP contribution in [-0.4, -0.2) is 5.78 Å². The van der Waals surface area contributed by atoms with Crippen molar-refractivity contribution in [2.45, 2.75) is 12.8 Å². The van der Waals surface area contributed by atoms with E-state index in [0.717, 1.165) is 12.8 Å². The number of allylic oxidation sites excluding steroid dienone is 2. The smallest absolute Gasteiger partial charge is 0.167 e. The van der Waals surface area contributed by atoms with E-state index in [-0.39, 0.29) is 17.5 Å². The highest BCUT2D eigenvalue weighted by Gasteiger charge is 2.42. The normalized spacial score (nSPS) is 30.9. The van der Waals surface area contributed by atoms with E-state index in [2.05, 4.69) is 12.2 Å². The number of halogens is 1. The molecular formula is C14H13FO. The molecule has 2 aliphatic carbocycles. The molecule has 3 atom stereocenters. The predicted molar refractivity (Wildman–Crippen MR) is 59.6 cm³/mol. The molecule has 1 aromatic carbocycles. The number of carbonyl (C=O) groups is 1. The number of fused-ring (bicyclic) bond motifs is 2. The van der Waals surface area contributed by atoms with E-state index in [1.165, 1.54) is 12.1 Å². The monoisotopic (exact) mass is 216 g/mol. The molecule has 1 saturated carbocycles. The largest absolute Gasteiger partial charge is 0.294 e. The molecule has 1 nitrogen and oxygen atoms in total. The van der Waals surface area contributed by atoms with Gasteiger partial charge < -0.3 is 0 Å². The van der Waals surface area contributed by atoms with Gasteiger partial charge in [-0.3, -0.25) is 4.79 Å². The van der Waals surface area contributed by atoms with E-state index >= 15 is 0 Å². The Morgan fingerprint density at radius 1 is 1.06 bits per heavy atom. The Balaban J connectivity index is 1.86. The lowest BCUT2D eigenvalue weighted by Crippen LogP contribution is -2.19. The van der Waals surface area contributed by atoms with Crippen molar-refractivity contribution in [2.75, 3.05) is 0 Å². The molecule has 1 unspecified atom stereocenters. The Morgan fingerprint density at radius 2 is 1.62 bits per heavy atom. The highest BCUT2D eigenvalue weighted by atomic mass is 19.1. The minimum Gasteiger partial charge on any atom is -0.294 e. The quantitative estimate of drug-likeness (QED) is 0.548. The fraction of sp³-hybridized carbons (Fsp3) is 0.357. The Morgan fingerprint density at radius 3 is 2.12 bits per heavy atom. The Bertz CT molecular complexity index is 432. The number of benzene rings is 1. The second-order valence-corrected chi connectivity index (χ2v) is 4.69. The molecule has 0 N–H and O–H groups in total. The van der Waals surface area contributed by atoms with Crippen LogP contribution in [0.4, 0.5) is 4.39 Å². The highest BCUT2D eigenvalue weighted by molar-refractivity contribution is 5.99. The minimum absolute atomic E-state index is 0.116. The van der Waals surface area contributed by atoms with Crippen LogP contribution >= 0.6 is 0 Å². The lowest BCUT2D eigenvalue weighted by Gasteiger charge is -2.14. The maximum Gasteiger partial charge on any atom is 0.167 e. The fourth-order valence-electron chi connectivity index (χ4n) is 2.97. The van der Waals surface area contributed by atoms with Gasteiger partial charge in [-0.2, -0.15) is 0 Å². The van der Waals surface area contributed by atoms with Crippen molar-refractivity contribution in [1.82, 2.24) is 0 Å². The average molecular weight is 216 g/mol. The number of hydrogen-bond donors (Lipinski definition) is 0. The summed E-state index contributed by atoms with van der Waals surface area (Å²) in [5.41, 5.74) is 0.645. The molecule has 82 valence electrons. The molecular weight excluding hydrogens is 203 g/mol. The summed E-state index contributed by atoms with van der Waals surface area (Å²) >= 11 is 0. The highest BCUT2D eigenvalue weighted by Crippen LogP contribution is 2.45. The van der Waals surface area contributed by atoms with Crippen molar-refractivity contribution in [1.29, 1.82) is 0 Å². The SMILES string of the molecule is O=C(c1ccc(F)cc1)C1[C@@H]2C=C[C@H]1CC2. The van der Waals surface area contributed by atoms with Gasteiger partial charge in [0.15, 0.2) is 5.78 Å². The van der Waals surface area contributed by atoms with E-state index in [1.54, 1.807) is 12.1 Å². The van der Waals surface area contributed by atoms with Crippen molar-refractivity contribution in [3.63, 3.8) is 0 Å². The maximum absolute atomic E-state index is 12.8. The number of hydrogen-bond acceptors (Lipinski definition) is 1. The first kappa shape index (κ1) is 9.76. The van der Waals surface area contributed by atoms with E-state index in [0.29, 0.717) is 17.4 Å². The summed E-state index contributed by atoms with van der Waals surface area (Å²) in [5, 5.41) is 0. The molecule has 2 heteroatoms. The molecule has 0 radical (unpaired) electrons. The zero-order valence-electron chi connectivity index (χ0n) is 8.90. The third kappa shape index (κ3) is 1.41. The molecule has 3 rings (SSSR count). The van der Waals surface area contributed by atoms with Crippen LogP contribution in [0.3, 0.4) is 0 Å². The molecule has 16 heavy (non-hydrogen) atoms. The van der Waals surface area contributed by atoms with Gasteiger partial charge >= 0.3 is 0 Å². The summed E-state index contributed by atoms with van der Waals surface area (Å²) in [7, 11) is 0. The van der Waals surface area contributed by atoms with Crippen molar-refractivity contribution in [3.05, 3.63) is 47.8 Å². The molecule has 0 amide bonds. The van der Waals surface area contributed by atoms with Crippen molar-refractivity contribution in [2.24, 2.45) is 17.8 Å². The molecule has 1 fully saturated rings. The Hall–Kier alpha value is -1.44. The Labute approximate surface area is 94.0 Å². The van der Waals surface area contributed by atoms with Crippen LogP contribution < -0.4 is 0 Å². The van der Waals surface area contributed by atoms with Gasteiger partial charge in [-0.25, -0.2) is 4.39 Å². The molecule has 0 spiro atoms. The summed E-state index contributed by atoms with van der Waals surface area (Å²) in [6.07, 6.45) is 6.58.